The van der Waals surface area contributed by atoms with Gasteiger partial charge in [-0.25, -0.2) is 4.39 Å². The van der Waals surface area contributed by atoms with Gasteiger partial charge in [0.15, 0.2) is 11.0 Å². The molecule has 0 fully saturated rings. The molecule has 2 aromatic carbocycles. The molecule has 4 aromatic rings. The van der Waals surface area contributed by atoms with Crippen LogP contribution in [0.5, 0.6) is 0 Å². The van der Waals surface area contributed by atoms with Crippen LogP contribution in [0.15, 0.2) is 51.7 Å². The molecule has 34 heavy (non-hydrogen) atoms. The van der Waals surface area contributed by atoms with E-state index in [0.29, 0.717) is 16.3 Å². The molecule has 2 aliphatic heterocycles. The van der Waals surface area contributed by atoms with Crippen molar-refractivity contribution in [2.75, 3.05) is 16.8 Å². The van der Waals surface area contributed by atoms with Crippen LogP contribution in [0.4, 0.5) is 15.2 Å². The monoisotopic (exact) mass is 476 g/mol. The van der Waals surface area contributed by atoms with Crippen LogP contribution in [0.1, 0.15) is 46.5 Å². The van der Waals surface area contributed by atoms with Crippen molar-refractivity contribution >= 4 is 44.9 Å². The Hall–Kier alpha value is -3.92. The minimum Gasteiger partial charge on any atom is -0.450 e. The normalized spacial score (nSPS) is 19.1. The van der Waals surface area contributed by atoms with E-state index in [4.69, 9.17) is 4.42 Å². The molecule has 4 heterocycles. The molecule has 2 aliphatic rings. The first-order chi connectivity index (χ1) is 16.3. The van der Waals surface area contributed by atoms with E-state index >= 15 is 0 Å². The molecular weight excluding hydrogens is 459 g/mol. The molecule has 10 heteroatoms. The van der Waals surface area contributed by atoms with Gasteiger partial charge >= 0.3 is 0 Å². The van der Waals surface area contributed by atoms with E-state index in [2.05, 4.69) is 10.2 Å². The van der Waals surface area contributed by atoms with E-state index < -0.39 is 28.6 Å². The van der Waals surface area contributed by atoms with Crippen LogP contribution in [-0.2, 0) is 10.3 Å². The lowest BCUT2D eigenvalue weighted by atomic mass is 9.84. The summed E-state index contributed by atoms with van der Waals surface area (Å²) in [5, 5.41) is 9.21. The van der Waals surface area contributed by atoms with Crippen molar-refractivity contribution in [3.05, 3.63) is 80.4 Å². The maximum atomic E-state index is 14.1. The molecule has 2 amide bonds. The highest BCUT2D eigenvalue weighted by atomic mass is 32.1. The third kappa shape index (κ3) is 2.38. The summed E-state index contributed by atoms with van der Waals surface area (Å²) < 4.78 is 19.9. The lowest BCUT2D eigenvalue weighted by molar-refractivity contribution is -0.121. The molecule has 2 aromatic heterocycles. The predicted octanol–water partition coefficient (Wildman–Crippen LogP) is 3.79. The Labute approximate surface area is 196 Å². The van der Waals surface area contributed by atoms with Gasteiger partial charge in [0.05, 0.1) is 10.9 Å². The number of fused-ring (bicyclic) bond motifs is 5. The van der Waals surface area contributed by atoms with Crippen molar-refractivity contribution in [1.29, 1.82) is 0 Å². The van der Waals surface area contributed by atoms with Crippen molar-refractivity contribution in [3.8, 4) is 0 Å². The number of aromatic nitrogens is 2. The average molecular weight is 476 g/mol. The molecule has 8 nitrogen and oxygen atoms in total. The molecule has 170 valence electrons. The van der Waals surface area contributed by atoms with Crippen molar-refractivity contribution < 1.29 is 18.4 Å². The van der Waals surface area contributed by atoms with Gasteiger partial charge in [-0.2, -0.15) is 0 Å². The van der Waals surface area contributed by atoms with E-state index in [0.717, 1.165) is 12.1 Å². The largest absolute Gasteiger partial charge is 0.450 e. The van der Waals surface area contributed by atoms with Gasteiger partial charge in [-0.05, 0) is 24.3 Å². The van der Waals surface area contributed by atoms with Crippen molar-refractivity contribution in [2.45, 2.75) is 25.3 Å². The number of halogens is 1. The van der Waals surface area contributed by atoms with Crippen LogP contribution in [0.2, 0.25) is 0 Å². The van der Waals surface area contributed by atoms with Gasteiger partial charge in [-0.1, -0.05) is 43.4 Å². The van der Waals surface area contributed by atoms with Crippen LogP contribution in [-0.4, -0.2) is 29.1 Å². The van der Waals surface area contributed by atoms with Crippen molar-refractivity contribution in [1.82, 2.24) is 10.2 Å². The Morgan fingerprint density at radius 1 is 1.09 bits per heavy atom. The summed E-state index contributed by atoms with van der Waals surface area (Å²) in [5.41, 5.74) is -1.57. The molecule has 0 aliphatic carbocycles. The summed E-state index contributed by atoms with van der Waals surface area (Å²) in [6.07, 6.45) is 0. The highest BCUT2D eigenvalue weighted by Crippen LogP contribution is 2.54. The number of carbonyl (C=O) groups excluding carboxylic acids is 2. The molecule has 0 saturated heterocycles. The zero-order valence-electron chi connectivity index (χ0n) is 18.3. The van der Waals surface area contributed by atoms with Crippen molar-refractivity contribution in [3.63, 3.8) is 0 Å². The lowest BCUT2D eigenvalue weighted by Crippen LogP contribution is -2.53. The van der Waals surface area contributed by atoms with Gasteiger partial charge < -0.3 is 9.32 Å². The van der Waals surface area contributed by atoms with Gasteiger partial charge in [0, 0.05) is 24.2 Å². The summed E-state index contributed by atoms with van der Waals surface area (Å²) in [6.45, 7) is 3.88. The van der Waals surface area contributed by atoms with Crippen LogP contribution < -0.4 is 15.2 Å². The third-order valence-electron chi connectivity index (χ3n) is 6.33. The summed E-state index contributed by atoms with van der Waals surface area (Å²) >= 11 is 1.17. The van der Waals surface area contributed by atoms with E-state index in [-0.39, 0.29) is 33.3 Å². The number of anilines is 2. The number of amides is 2. The first-order valence-electron chi connectivity index (χ1n) is 10.6. The van der Waals surface area contributed by atoms with Gasteiger partial charge in [-0.15, -0.1) is 10.2 Å². The first kappa shape index (κ1) is 20.7. The second-order valence-electron chi connectivity index (χ2n) is 8.59. The average Bonchev–Trinajstić information content (AvgIpc) is 3.46. The Balaban J connectivity index is 1.77. The second kappa shape index (κ2) is 6.80. The predicted molar refractivity (Wildman–Crippen MR) is 124 cm³/mol. The minimum absolute atomic E-state index is 0.0434. The number of nitrogens with zero attached hydrogens (tertiary/aromatic N) is 4. The standard InChI is InChI=1S/C24H17FN4O4S/c1-11(2)20-26-27-23(34-20)29-21(31)19-17(18(30)13-10-12(25)8-9-16(13)33-19)24(29)14-6-4-5-7-15(14)28(3)22(24)32/h4-11H,1-3H3. The fraction of sp³-hybridized carbons (Fsp3) is 0.208. The first-order valence-corrected chi connectivity index (χ1v) is 11.4. The van der Waals surface area contributed by atoms with E-state index in [1.807, 2.05) is 13.8 Å². The summed E-state index contributed by atoms with van der Waals surface area (Å²) in [4.78, 5) is 44.3. The molecule has 6 rings (SSSR count). The molecule has 0 saturated carbocycles. The smallest absolute Gasteiger partial charge is 0.297 e. The molecule has 1 unspecified atom stereocenters. The Morgan fingerprint density at radius 2 is 1.85 bits per heavy atom. The quantitative estimate of drug-likeness (QED) is 0.437. The van der Waals surface area contributed by atoms with Crippen LogP contribution in [0.3, 0.4) is 0 Å². The number of hydrogen-bond acceptors (Lipinski definition) is 7. The number of para-hydroxylation sites is 1. The van der Waals surface area contributed by atoms with Gasteiger partial charge in [0.2, 0.25) is 10.9 Å². The van der Waals surface area contributed by atoms with Crippen LogP contribution in [0, 0.1) is 5.82 Å². The van der Waals surface area contributed by atoms with Crippen LogP contribution in [0.25, 0.3) is 11.0 Å². The summed E-state index contributed by atoms with van der Waals surface area (Å²) in [7, 11) is 1.58. The third-order valence-corrected chi connectivity index (χ3v) is 7.54. The maximum absolute atomic E-state index is 14.1. The summed E-state index contributed by atoms with van der Waals surface area (Å²) in [6, 6.07) is 10.4. The van der Waals surface area contributed by atoms with Gasteiger partial charge in [0.1, 0.15) is 16.4 Å². The lowest BCUT2D eigenvalue weighted by Gasteiger charge is -2.31. The number of hydrogen-bond donors (Lipinski definition) is 0. The SMILES string of the molecule is CC(C)c1nnc(N2C(=O)c3oc4ccc(F)cc4c(=O)c3C23C(=O)N(C)c2ccccc23)s1. The molecule has 0 N–H and O–H groups in total. The molecule has 1 spiro atoms. The fourth-order valence-corrected chi connectivity index (χ4v) is 5.69. The van der Waals surface area contributed by atoms with E-state index in [9.17, 15) is 18.8 Å². The zero-order chi connectivity index (χ0) is 23.9. The molecular formula is C24H17FN4O4S. The maximum Gasteiger partial charge on any atom is 0.297 e. The van der Waals surface area contributed by atoms with Gasteiger partial charge in [0.25, 0.3) is 11.8 Å². The number of rotatable bonds is 2. The summed E-state index contributed by atoms with van der Waals surface area (Å²) in [5.74, 6) is -2.03. The van der Waals surface area contributed by atoms with Crippen molar-refractivity contribution in [2.24, 2.45) is 0 Å². The van der Waals surface area contributed by atoms with Gasteiger partial charge in [-0.3, -0.25) is 19.3 Å². The Kier molecular flexibility index (Phi) is 4.13. The molecule has 1 atom stereocenters. The fourth-order valence-electron chi connectivity index (χ4n) is 4.79. The highest BCUT2D eigenvalue weighted by Gasteiger charge is 2.66. The Bertz CT molecular complexity index is 1610. The number of likely N-dealkylation sites (N-methyl/N-ethyl adjacent to an activating group) is 1. The van der Waals surface area contributed by atoms with Crippen LogP contribution >= 0.6 is 11.3 Å². The zero-order valence-corrected chi connectivity index (χ0v) is 19.1. The number of carbonyl (C=O) groups is 2. The second-order valence-corrected chi connectivity index (χ2v) is 9.57. The van der Waals surface area contributed by atoms with E-state index in [1.54, 1.807) is 31.3 Å². The Morgan fingerprint density at radius 3 is 2.59 bits per heavy atom. The molecule has 0 bridgehead atoms. The minimum atomic E-state index is -1.84. The van der Waals surface area contributed by atoms with E-state index in [1.165, 1.54) is 27.2 Å². The highest BCUT2D eigenvalue weighted by molar-refractivity contribution is 7.15. The molecule has 0 radical (unpaired) electrons. The number of benzene rings is 2. The topological polar surface area (TPSA) is 96.6 Å².